The third-order valence-corrected chi connectivity index (χ3v) is 8.18. The third kappa shape index (κ3) is 5.46. The van der Waals surface area contributed by atoms with Crippen molar-refractivity contribution in [3.63, 3.8) is 0 Å². The Morgan fingerprint density at radius 1 is 1.03 bits per heavy atom. The van der Waals surface area contributed by atoms with E-state index in [0.717, 1.165) is 29.5 Å². The number of ether oxygens (including phenoxy) is 1. The van der Waals surface area contributed by atoms with E-state index in [1.54, 1.807) is 18.2 Å². The number of rotatable bonds is 4. The van der Waals surface area contributed by atoms with E-state index >= 15 is 0 Å². The second kappa shape index (κ2) is 9.78. The number of nitrogens with one attached hydrogen (secondary N) is 2. The molecule has 37 heavy (non-hydrogen) atoms. The molecule has 1 saturated carbocycles. The van der Waals surface area contributed by atoms with E-state index in [4.69, 9.17) is 4.74 Å². The molecule has 2 aliphatic rings. The number of nitrogens with zero attached hydrogens (tertiary/aromatic N) is 2. The zero-order valence-electron chi connectivity index (χ0n) is 21.5. The minimum absolute atomic E-state index is 0.0397. The van der Waals surface area contributed by atoms with E-state index in [-0.39, 0.29) is 46.3 Å². The molecule has 0 radical (unpaired) electrons. The van der Waals surface area contributed by atoms with Gasteiger partial charge in [-0.1, -0.05) is 38.1 Å². The highest BCUT2D eigenvalue weighted by molar-refractivity contribution is 7.92. The predicted molar refractivity (Wildman–Crippen MR) is 142 cm³/mol. The number of hydrogen-bond donors (Lipinski definition) is 2. The first kappa shape index (κ1) is 25.2. The summed E-state index contributed by atoms with van der Waals surface area (Å²) in [6, 6.07) is 13.5. The molecule has 1 amide bonds. The van der Waals surface area contributed by atoms with Crippen LogP contribution >= 0.6 is 0 Å². The fraction of sp³-hybridized carbons (Fsp3) is 0.393. The number of hydrogen-bond acceptors (Lipinski definition) is 6. The lowest BCUT2D eigenvalue weighted by Gasteiger charge is -2.30. The molecule has 0 saturated heterocycles. The monoisotopic (exact) mass is 520 g/mol. The van der Waals surface area contributed by atoms with Crippen LogP contribution in [-0.2, 0) is 10.0 Å². The van der Waals surface area contributed by atoms with Gasteiger partial charge in [-0.15, -0.1) is 0 Å². The molecule has 2 N–H and O–H groups in total. The molecule has 2 heterocycles. The van der Waals surface area contributed by atoms with Gasteiger partial charge in [-0.3, -0.25) is 4.79 Å². The molecular weight excluding hydrogens is 488 g/mol. The van der Waals surface area contributed by atoms with E-state index in [9.17, 15) is 13.2 Å². The minimum atomic E-state index is -4.06. The molecule has 5 rings (SSSR count). The van der Waals surface area contributed by atoms with Gasteiger partial charge in [0.1, 0.15) is 6.10 Å². The smallest absolute Gasteiger partial charge is 0.264 e. The summed E-state index contributed by atoms with van der Waals surface area (Å²) in [6.07, 6.45) is 2.41. The Morgan fingerprint density at radius 2 is 1.73 bits per heavy atom. The average molecular weight is 521 g/mol. The van der Waals surface area contributed by atoms with Crippen molar-refractivity contribution >= 4 is 21.9 Å². The number of aryl methyl sites for hydroxylation is 2. The number of anilines is 1. The highest BCUT2D eigenvalue weighted by Gasteiger charge is 2.40. The SMILES string of the molecule is Cc1cccc(C)c1-c1cc2nc(n1)NS(=O)(=O)c1cccc(c1)C(=O)N[C@H](CC(C)C)[C@@H](C1CC1)O2. The molecule has 1 aliphatic carbocycles. The van der Waals surface area contributed by atoms with Gasteiger partial charge in [0.05, 0.1) is 16.6 Å². The predicted octanol–water partition coefficient (Wildman–Crippen LogP) is 4.88. The van der Waals surface area contributed by atoms with Gasteiger partial charge in [-0.2, -0.15) is 4.98 Å². The second-order valence-corrected chi connectivity index (χ2v) is 12.1. The molecule has 1 fully saturated rings. The van der Waals surface area contributed by atoms with Crippen LogP contribution < -0.4 is 14.8 Å². The van der Waals surface area contributed by atoms with Crippen molar-refractivity contribution in [2.24, 2.45) is 11.8 Å². The minimum Gasteiger partial charge on any atom is -0.472 e. The van der Waals surface area contributed by atoms with Crippen molar-refractivity contribution in [3.8, 4) is 17.1 Å². The normalized spacial score (nSPS) is 21.1. The van der Waals surface area contributed by atoms with Crippen LogP contribution in [0.5, 0.6) is 5.88 Å². The van der Waals surface area contributed by atoms with E-state index < -0.39 is 10.0 Å². The average Bonchev–Trinajstić information content (AvgIpc) is 3.66. The first-order valence-corrected chi connectivity index (χ1v) is 14.1. The topological polar surface area (TPSA) is 110 Å². The van der Waals surface area contributed by atoms with Crippen LogP contribution in [0.25, 0.3) is 11.3 Å². The maximum Gasteiger partial charge on any atom is 0.264 e. The molecule has 2 atom stereocenters. The van der Waals surface area contributed by atoms with E-state index in [1.165, 1.54) is 12.1 Å². The maximum atomic E-state index is 13.3. The Morgan fingerprint density at radius 3 is 2.41 bits per heavy atom. The number of fused-ring (bicyclic) bond motifs is 4. The second-order valence-electron chi connectivity index (χ2n) is 10.4. The Balaban J connectivity index is 1.69. The molecule has 0 unspecified atom stereocenters. The van der Waals surface area contributed by atoms with Gasteiger partial charge < -0.3 is 10.1 Å². The zero-order valence-corrected chi connectivity index (χ0v) is 22.3. The van der Waals surface area contributed by atoms with Crippen molar-refractivity contribution in [2.45, 2.75) is 64.0 Å². The maximum absolute atomic E-state index is 13.3. The van der Waals surface area contributed by atoms with Gasteiger partial charge in [0.15, 0.2) is 0 Å². The van der Waals surface area contributed by atoms with Gasteiger partial charge in [0.25, 0.3) is 15.9 Å². The standard InChI is InChI=1S/C28H32N4O4S/c1-16(2)13-23-26(19-11-12-19)36-24-15-22(25-17(3)7-5-8-18(25)4)30-28(31-24)32-37(34,35)21-10-6-9-20(14-21)27(33)29-23/h5-10,14-16,19,23,26H,11-13H2,1-4H3,(H,29,33)(H,30,31,32)/t23-,26-/m1/s1. The molecule has 0 spiro atoms. The third-order valence-electron chi connectivity index (χ3n) is 6.85. The molecule has 9 heteroatoms. The Hall–Kier alpha value is -3.46. The number of sulfonamides is 1. The highest BCUT2D eigenvalue weighted by atomic mass is 32.2. The van der Waals surface area contributed by atoms with Gasteiger partial charge in [-0.05, 0) is 74.3 Å². The number of amides is 1. The first-order chi connectivity index (χ1) is 17.6. The molecule has 2 aromatic carbocycles. The van der Waals surface area contributed by atoms with E-state index in [1.807, 2.05) is 32.0 Å². The summed E-state index contributed by atoms with van der Waals surface area (Å²) in [5.74, 6) is 0.458. The molecule has 1 aliphatic heterocycles. The number of carbonyl (C=O) groups is 1. The van der Waals surface area contributed by atoms with Crippen molar-refractivity contribution in [1.82, 2.24) is 15.3 Å². The number of aromatic nitrogens is 2. The Kier molecular flexibility index (Phi) is 6.66. The van der Waals surface area contributed by atoms with Crippen LogP contribution in [0, 0.1) is 25.7 Å². The summed E-state index contributed by atoms with van der Waals surface area (Å²) in [4.78, 5) is 22.3. The first-order valence-electron chi connectivity index (χ1n) is 12.7. The molecule has 1 aromatic heterocycles. The Labute approximate surface area is 217 Å². The molecule has 3 aromatic rings. The van der Waals surface area contributed by atoms with Crippen LogP contribution in [0.4, 0.5) is 5.95 Å². The lowest BCUT2D eigenvalue weighted by atomic mass is 9.95. The van der Waals surface area contributed by atoms with Crippen molar-refractivity contribution in [2.75, 3.05) is 4.72 Å². The fourth-order valence-electron chi connectivity index (χ4n) is 4.97. The van der Waals surface area contributed by atoms with Gasteiger partial charge >= 0.3 is 0 Å². The molecule has 194 valence electrons. The van der Waals surface area contributed by atoms with Crippen LogP contribution in [0.1, 0.15) is 54.6 Å². The van der Waals surface area contributed by atoms with Gasteiger partial charge in [0.2, 0.25) is 11.8 Å². The summed E-state index contributed by atoms with van der Waals surface area (Å²) in [5.41, 5.74) is 3.76. The molecule has 8 nitrogen and oxygen atoms in total. The van der Waals surface area contributed by atoms with Crippen molar-refractivity contribution in [3.05, 3.63) is 65.2 Å². The van der Waals surface area contributed by atoms with Crippen molar-refractivity contribution < 1.29 is 17.9 Å². The van der Waals surface area contributed by atoms with Crippen LogP contribution in [0.2, 0.25) is 0 Å². The largest absolute Gasteiger partial charge is 0.472 e. The summed E-state index contributed by atoms with van der Waals surface area (Å²) < 4.78 is 35.6. The molecule has 4 bridgehead atoms. The number of benzene rings is 2. The number of carbonyl (C=O) groups excluding carboxylic acids is 1. The Bertz CT molecular complexity index is 1430. The van der Waals surface area contributed by atoms with E-state index in [0.29, 0.717) is 18.0 Å². The van der Waals surface area contributed by atoms with Crippen molar-refractivity contribution in [1.29, 1.82) is 0 Å². The van der Waals surface area contributed by atoms with Gasteiger partial charge in [-0.25, -0.2) is 18.1 Å². The van der Waals surface area contributed by atoms with E-state index in [2.05, 4.69) is 33.9 Å². The highest BCUT2D eigenvalue weighted by Crippen LogP contribution is 2.38. The summed E-state index contributed by atoms with van der Waals surface area (Å²) in [7, 11) is -4.06. The quantitative estimate of drug-likeness (QED) is 0.508. The van der Waals surface area contributed by atoms with Crippen LogP contribution in [-0.4, -0.2) is 36.4 Å². The summed E-state index contributed by atoms with van der Waals surface area (Å²) in [5, 5.41) is 3.14. The summed E-state index contributed by atoms with van der Waals surface area (Å²) >= 11 is 0. The van der Waals surface area contributed by atoms with Crippen LogP contribution in [0.15, 0.2) is 53.4 Å². The van der Waals surface area contributed by atoms with Gasteiger partial charge in [0, 0.05) is 17.2 Å². The lowest BCUT2D eigenvalue weighted by molar-refractivity contribution is 0.0801. The fourth-order valence-corrected chi connectivity index (χ4v) is 5.96. The molecular formula is C28H32N4O4S. The van der Waals surface area contributed by atoms with Crippen LogP contribution in [0.3, 0.4) is 0 Å². The summed E-state index contributed by atoms with van der Waals surface area (Å²) in [6.45, 7) is 8.19. The lowest BCUT2D eigenvalue weighted by Crippen LogP contribution is -2.48. The zero-order chi connectivity index (χ0) is 26.3.